The number of fused-ring (bicyclic) bond motifs is 1. The second-order valence-electron chi connectivity index (χ2n) is 6.60. The van der Waals surface area contributed by atoms with Gasteiger partial charge in [0, 0.05) is 44.1 Å². The van der Waals surface area contributed by atoms with Crippen LogP contribution in [-0.2, 0) is 4.74 Å². The van der Waals surface area contributed by atoms with Crippen molar-refractivity contribution in [1.82, 2.24) is 19.5 Å². The van der Waals surface area contributed by atoms with Gasteiger partial charge in [0.1, 0.15) is 5.52 Å². The van der Waals surface area contributed by atoms with Gasteiger partial charge >= 0.3 is 6.09 Å². The molecule has 3 aromatic rings. The molecule has 0 unspecified atom stereocenters. The lowest BCUT2D eigenvalue weighted by atomic mass is 10.1. The zero-order chi connectivity index (χ0) is 18.8. The summed E-state index contributed by atoms with van der Waals surface area (Å²) >= 11 is 0. The van der Waals surface area contributed by atoms with E-state index in [1.165, 1.54) is 5.56 Å². The van der Waals surface area contributed by atoms with Crippen molar-refractivity contribution >= 4 is 17.4 Å². The van der Waals surface area contributed by atoms with E-state index in [0.29, 0.717) is 19.7 Å². The molecule has 2 aromatic heterocycles. The van der Waals surface area contributed by atoms with E-state index < -0.39 is 0 Å². The number of nitrogens with zero attached hydrogens (tertiary/aromatic N) is 5. The monoisotopic (exact) mass is 365 g/mol. The average Bonchev–Trinajstić information content (AvgIpc) is 3.12. The Morgan fingerprint density at radius 1 is 1.19 bits per heavy atom. The third kappa shape index (κ3) is 3.32. The molecule has 1 aliphatic heterocycles. The highest BCUT2D eigenvalue weighted by atomic mass is 16.6. The van der Waals surface area contributed by atoms with E-state index in [-0.39, 0.29) is 6.09 Å². The van der Waals surface area contributed by atoms with Gasteiger partial charge in [-0.15, -0.1) is 0 Å². The number of ether oxygens (including phenoxy) is 1. The van der Waals surface area contributed by atoms with Gasteiger partial charge in [-0.25, -0.2) is 14.3 Å². The van der Waals surface area contributed by atoms with E-state index in [0.717, 1.165) is 35.7 Å². The van der Waals surface area contributed by atoms with E-state index in [2.05, 4.69) is 35.0 Å². The predicted molar refractivity (Wildman–Crippen MR) is 104 cm³/mol. The highest BCUT2D eigenvalue weighted by Gasteiger charge is 2.24. The number of hydrogen-bond donors (Lipinski definition) is 0. The number of carbonyl (C=O) groups is 1. The summed E-state index contributed by atoms with van der Waals surface area (Å²) in [4.78, 5) is 20.4. The summed E-state index contributed by atoms with van der Waals surface area (Å²) in [5, 5.41) is 4.73. The maximum Gasteiger partial charge on any atom is 0.409 e. The van der Waals surface area contributed by atoms with Gasteiger partial charge in [0.2, 0.25) is 0 Å². The third-order valence-electron chi connectivity index (χ3n) is 4.90. The van der Waals surface area contributed by atoms with Crippen LogP contribution < -0.4 is 4.90 Å². The summed E-state index contributed by atoms with van der Waals surface area (Å²) in [6.07, 6.45) is 3.40. The Kier molecular flexibility index (Phi) is 4.66. The molecule has 1 fully saturated rings. The first-order valence-electron chi connectivity index (χ1n) is 9.24. The second kappa shape index (κ2) is 7.26. The molecular weight excluding hydrogens is 342 g/mol. The Morgan fingerprint density at radius 2 is 1.96 bits per heavy atom. The Balaban J connectivity index is 1.60. The van der Waals surface area contributed by atoms with Crippen molar-refractivity contribution in [3.63, 3.8) is 0 Å². The van der Waals surface area contributed by atoms with Gasteiger partial charge in [0.25, 0.3) is 0 Å². The second-order valence-corrected chi connectivity index (χ2v) is 6.60. The zero-order valence-electron chi connectivity index (χ0n) is 15.6. The molecule has 1 amide bonds. The molecule has 0 atom stereocenters. The SMILES string of the molecule is CCOC(=O)N1CCN(c2nccn3nc(-c4ccccc4C)cc23)CC1. The van der Waals surface area contributed by atoms with Crippen LogP contribution in [0.15, 0.2) is 42.7 Å². The lowest BCUT2D eigenvalue weighted by Crippen LogP contribution is -2.49. The number of amides is 1. The van der Waals surface area contributed by atoms with Crippen LogP contribution in [0.1, 0.15) is 12.5 Å². The third-order valence-corrected chi connectivity index (χ3v) is 4.90. The van der Waals surface area contributed by atoms with Crippen LogP contribution in [-0.4, -0.2) is 58.4 Å². The Labute approximate surface area is 158 Å². The van der Waals surface area contributed by atoms with Crippen LogP contribution in [0.25, 0.3) is 16.8 Å². The van der Waals surface area contributed by atoms with Gasteiger partial charge in [0.05, 0.1) is 12.3 Å². The summed E-state index contributed by atoms with van der Waals surface area (Å²) in [5.41, 5.74) is 4.23. The lowest BCUT2D eigenvalue weighted by Gasteiger charge is -2.34. The molecule has 1 saturated heterocycles. The van der Waals surface area contributed by atoms with Gasteiger partial charge in [-0.3, -0.25) is 0 Å². The summed E-state index contributed by atoms with van der Waals surface area (Å²) < 4.78 is 6.97. The molecule has 0 bridgehead atoms. The summed E-state index contributed by atoms with van der Waals surface area (Å²) in [6.45, 7) is 7.00. The van der Waals surface area contributed by atoms with Gasteiger partial charge in [0.15, 0.2) is 5.82 Å². The fourth-order valence-corrected chi connectivity index (χ4v) is 3.46. The van der Waals surface area contributed by atoms with Gasteiger partial charge in [-0.2, -0.15) is 5.10 Å². The Morgan fingerprint density at radius 3 is 2.70 bits per heavy atom. The minimum absolute atomic E-state index is 0.241. The molecule has 4 rings (SSSR count). The van der Waals surface area contributed by atoms with Crippen LogP contribution in [0.2, 0.25) is 0 Å². The average molecular weight is 365 g/mol. The van der Waals surface area contributed by atoms with Gasteiger partial charge in [-0.1, -0.05) is 24.3 Å². The van der Waals surface area contributed by atoms with Crippen LogP contribution in [0.4, 0.5) is 10.6 Å². The molecule has 1 aliphatic rings. The molecule has 3 heterocycles. The first-order valence-corrected chi connectivity index (χ1v) is 9.24. The molecule has 0 N–H and O–H groups in total. The van der Waals surface area contributed by atoms with E-state index in [4.69, 9.17) is 9.84 Å². The highest BCUT2D eigenvalue weighted by Crippen LogP contribution is 2.27. The molecule has 0 spiro atoms. The standard InChI is InChI=1S/C20H23N5O2/c1-3-27-20(26)24-12-10-23(11-13-24)19-18-14-17(22-25(18)9-8-21-19)16-7-5-4-6-15(16)2/h4-9,14H,3,10-13H2,1-2H3. The Bertz CT molecular complexity index is 960. The first-order chi connectivity index (χ1) is 13.2. The molecular formula is C20H23N5O2. The summed E-state index contributed by atoms with van der Waals surface area (Å²) in [5.74, 6) is 0.897. The number of carbonyl (C=O) groups excluding carboxylic acids is 1. The number of rotatable bonds is 3. The van der Waals surface area contributed by atoms with Crippen molar-refractivity contribution in [2.45, 2.75) is 13.8 Å². The fourth-order valence-electron chi connectivity index (χ4n) is 3.46. The molecule has 140 valence electrons. The fraction of sp³-hybridized carbons (Fsp3) is 0.350. The summed E-state index contributed by atoms with van der Waals surface area (Å²) in [6, 6.07) is 10.3. The number of aryl methyl sites for hydroxylation is 1. The van der Waals surface area contributed by atoms with Crippen molar-refractivity contribution < 1.29 is 9.53 Å². The number of benzene rings is 1. The normalized spacial score (nSPS) is 14.6. The molecule has 0 saturated carbocycles. The van der Waals surface area contributed by atoms with Crippen LogP contribution in [0, 0.1) is 6.92 Å². The van der Waals surface area contributed by atoms with Crippen LogP contribution >= 0.6 is 0 Å². The zero-order valence-corrected chi connectivity index (χ0v) is 15.6. The Hall–Kier alpha value is -3.09. The first kappa shape index (κ1) is 17.3. The number of aromatic nitrogens is 3. The van der Waals surface area contributed by atoms with Crippen molar-refractivity contribution in [3.8, 4) is 11.3 Å². The van der Waals surface area contributed by atoms with Gasteiger partial charge in [-0.05, 0) is 25.5 Å². The van der Waals surface area contributed by atoms with E-state index in [1.54, 1.807) is 11.1 Å². The number of anilines is 1. The predicted octanol–water partition coefficient (Wildman–Crippen LogP) is 2.98. The molecule has 0 aliphatic carbocycles. The van der Waals surface area contributed by atoms with Crippen LogP contribution in [0.3, 0.4) is 0 Å². The number of piperazine rings is 1. The topological polar surface area (TPSA) is 63.0 Å². The van der Waals surface area contributed by atoms with Gasteiger partial charge < -0.3 is 14.5 Å². The highest BCUT2D eigenvalue weighted by molar-refractivity contribution is 5.76. The smallest absolute Gasteiger partial charge is 0.409 e. The number of hydrogen-bond acceptors (Lipinski definition) is 5. The lowest BCUT2D eigenvalue weighted by molar-refractivity contribution is 0.105. The molecule has 7 nitrogen and oxygen atoms in total. The maximum absolute atomic E-state index is 11.9. The van der Waals surface area contributed by atoms with Crippen molar-refractivity contribution in [2.24, 2.45) is 0 Å². The minimum Gasteiger partial charge on any atom is -0.450 e. The largest absolute Gasteiger partial charge is 0.450 e. The van der Waals surface area contributed by atoms with Crippen molar-refractivity contribution in [1.29, 1.82) is 0 Å². The van der Waals surface area contributed by atoms with Crippen LogP contribution in [0.5, 0.6) is 0 Å². The summed E-state index contributed by atoms with van der Waals surface area (Å²) in [7, 11) is 0. The molecule has 1 aromatic carbocycles. The van der Waals surface area contributed by atoms with Crippen molar-refractivity contribution in [2.75, 3.05) is 37.7 Å². The minimum atomic E-state index is -0.241. The quantitative estimate of drug-likeness (QED) is 0.714. The van der Waals surface area contributed by atoms with E-state index in [1.807, 2.05) is 29.8 Å². The molecule has 0 radical (unpaired) electrons. The molecule has 7 heteroatoms. The molecule has 27 heavy (non-hydrogen) atoms. The van der Waals surface area contributed by atoms with E-state index in [9.17, 15) is 4.79 Å². The maximum atomic E-state index is 11.9. The van der Waals surface area contributed by atoms with E-state index >= 15 is 0 Å². The van der Waals surface area contributed by atoms with Crippen molar-refractivity contribution in [3.05, 3.63) is 48.3 Å².